The summed E-state index contributed by atoms with van der Waals surface area (Å²) in [5.41, 5.74) is 2.55. The van der Waals surface area contributed by atoms with Crippen molar-refractivity contribution in [3.8, 4) is 5.82 Å². The van der Waals surface area contributed by atoms with Gasteiger partial charge in [-0.15, -0.1) is 0 Å². The first-order valence-corrected chi connectivity index (χ1v) is 7.95. The predicted molar refractivity (Wildman–Crippen MR) is 92.7 cm³/mol. The summed E-state index contributed by atoms with van der Waals surface area (Å²) < 4.78 is 1.98. The van der Waals surface area contributed by atoms with E-state index in [-0.39, 0.29) is 0 Å². The maximum atomic E-state index is 4.52. The zero-order valence-corrected chi connectivity index (χ0v) is 13.6. The number of pyridine rings is 1. The van der Waals surface area contributed by atoms with Crippen LogP contribution in [0, 0.1) is 6.92 Å². The highest BCUT2D eigenvalue weighted by Gasteiger charge is 2.05. The molecule has 0 aliphatic carbocycles. The fourth-order valence-corrected chi connectivity index (χ4v) is 2.62. The third-order valence-corrected chi connectivity index (χ3v) is 4.03. The standard InChI is InChI=1S/C19H22N4/c1-15(18-6-4-3-5-7-18)12-20-13-17-8-9-19(22-14-17)23-11-10-21-16(23)2/h3-11,14-15,20H,12-13H2,1-2H3. The van der Waals surface area contributed by atoms with Gasteiger partial charge in [-0.05, 0) is 30.0 Å². The van der Waals surface area contributed by atoms with Crippen molar-refractivity contribution in [1.82, 2.24) is 19.9 Å². The maximum Gasteiger partial charge on any atom is 0.137 e. The van der Waals surface area contributed by atoms with Crippen LogP contribution in [0.25, 0.3) is 5.82 Å². The quantitative estimate of drug-likeness (QED) is 0.758. The predicted octanol–water partition coefficient (Wildman–Crippen LogP) is 3.47. The van der Waals surface area contributed by atoms with Crippen LogP contribution in [0.2, 0.25) is 0 Å². The molecule has 2 heterocycles. The minimum absolute atomic E-state index is 0.497. The Kier molecular flexibility index (Phi) is 4.83. The number of aryl methyl sites for hydroxylation is 1. The lowest BCUT2D eigenvalue weighted by atomic mass is 10.0. The van der Waals surface area contributed by atoms with E-state index in [1.807, 2.05) is 30.0 Å². The number of imidazole rings is 1. The van der Waals surface area contributed by atoms with Gasteiger partial charge in [0.15, 0.2) is 0 Å². The van der Waals surface area contributed by atoms with Crippen LogP contribution >= 0.6 is 0 Å². The molecule has 0 aliphatic heterocycles. The molecule has 1 aromatic carbocycles. The number of hydrogen-bond acceptors (Lipinski definition) is 3. The fourth-order valence-electron chi connectivity index (χ4n) is 2.62. The Morgan fingerprint density at radius 3 is 2.57 bits per heavy atom. The third kappa shape index (κ3) is 3.85. The average molecular weight is 306 g/mol. The van der Waals surface area contributed by atoms with Gasteiger partial charge in [0, 0.05) is 31.7 Å². The number of hydrogen-bond donors (Lipinski definition) is 1. The molecule has 0 radical (unpaired) electrons. The molecule has 3 aromatic rings. The summed E-state index contributed by atoms with van der Waals surface area (Å²) >= 11 is 0. The molecule has 4 nitrogen and oxygen atoms in total. The second kappa shape index (κ2) is 7.20. The van der Waals surface area contributed by atoms with E-state index in [9.17, 15) is 0 Å². The van der Waals surface area contributed by atoms with Crippen LogP contribution in [0.3, 0.4) is 0 Å². The summed E-state index contributed by atoms with van der Waals surface area (Å²) in [5.74, 6) is 2.35. The highest BCUT2D eigenvalue weighted by Crippen LogP contribution is 2.13. The van der Waals surface area contributed by atoms with Crippen LogP contribution in [0.5, 0.6) is 0 Å². The topological polar surface area (TPSA) is 42.7 Å². The monoisotopic (exact) mass is 306 g/mol. The molecule has 118 valence electrons. The van der Waals surface area contributed by atoms with Crippen molar-refractivity contribution >= 4 is 0 Å². The molecule has 1 unspecified atom stereocenters. The van der Waals surface area contributed by atoms with E-state index in [1.54, 1.807) is 6.20 Å². The summed E-state index contributed by atoms with van der Waals surface area (Å²) in [7, 11) is 0. The minimum atomic E-state index is 0.497. The van der Waals surface area contributed by atoms with Crippen LogP contribution in [0.15, 0.2) is 61.1 Å². The number of benzene rings is 1. The van der Waals surface area contributed by atoms with E-state index in [0.717, 1.165) is 24.7 Å². The lowest BCUT2D eigenvalue weighted by molar-refractivity contribution is 0.614. The van der Waals surface area contributed by atoms with E-state index in [1.165, 1.54) is 11.1 Å². The Balaban J connectivity index is 1.54. The fraction of sp³-hybridized carbons (Fsp3) is 0.263. The molecule has 1 N–H and O–H groups in total. The highest BCUT2D eigenvalue weighted by atomic mass is 15.1. The second-order valence-corrected chi connectivity index (χ2v) is 5.81. The van der Waals surface area contributed by atoms with Crippen LogP contribution in [-0.2, 0) is 6.54 Å². The van der Waals surface area contributed by atoms with Crippen LogP contribution in [-0.4, -0.2) is 21.1 Å². The summed E-state index contributed by atoms with van der Waals surface area (Å²) in [4.78, 5) is 8.74. The van der Waals surface area contributed by atoms with Gasteiger partial charge in [0.25, 0.3) is 0 Å². The molecule has 0 spiro atoms. The first-order chi connectivity index (χ1) is 11.2. The summed E-state index contributed by atoms with van der Waals surface area (Å²) in [6.45, 7) is 5.99. The van der Waals surface area contributed by atoms with Gasteiger partial charge in [-0.1, -0.05) is 43.3 Å². The third-order valence-electron chi connectivity index (χ3n) is 4.03. The van der Waals surface area contributed by atoms with Gasteiger partial charge in [-0.2, -0.15) is 0 Å². The summed E-state index contributed by atoms with van der Waals surface area (Å²) in [6.07, 6.45) is 5.64. The van der Waals surface area contributed by atoms with Crippen molar-refractivity contribution in [3.05, 3.63) is 78.0 Å². The molecule has 1 atom stereocenters. The van der Waals surface area contributed by atoms with Crippen molar-refractivity contribution in [3.63, 3.8) is 0 Å². The first kappa shape index (κ1) is 15.4. The second-order valence-electron chi connectivity index (χ2n) is 5.81. The van der Waals surface area contributed by atoms with Crippen LogP contribution in [0.1, 0.15) is 29.8 Å². The Morgan fingerprint density at radius 2 is 1.91 bits per heavy atom. The van der Waals surface area contributed by atoms with Crippen molar-refractivity contribution in [2.75, 3.05) is 6.54 Å². The Labute approximate surface area is 137 Å². The molecule has 0 saturated carbocycles. The van der Waals surface area contributed by atoms with Gasteiger partial charge in [0.1, 0.15) is 11.6 Å². The van der Waals surface area contributed by atoms with Gasteiger partial charge in [0.2, 0.25) is 0 Å². The van der Waals surface area contributed by atoms with Crippen molar-refractivity contribution in [1.29, 1.82) is 0 Å². The molecule has 0 aliphatic rings. The van der Waals surface area contributed by atoms with Gasteiger partial charge < -0.3 is 5.32 Å². The number of nitrogens with one attached hydrogen (secondary N) is 1. The highest BCUT2D eigenvalue weighted by molar-refractivity contribution is 5.27. The molecule has 0 saturated heterocycles. The maximum absolute atomic E-state index is 4.52. The largest absolute Gasteiger partial charge is 0.312 e. The zero-order chi connectivity index (χ0) is 16.1. The van der Waals surface area contributed by atoms with Crippen LogP contribution < -0.4 is 5.32 Å². The minimum Gasteiger partial charge on any atom is -0.312 e. The zero-order valence-electron chi connectivity index (χ0n) is 13.6. The normalized spacial score (nSPS) is 12.3. The molecular weight excluding hydrogens is 284 g/mol. The summed E-state index contributed by atoms with van der Waals surface area (Å²) in [6, 6.07) is 14.7. The Morgan fingerprint density at radius 1 is 1.09 bits per heavy atom. The van der Waals surface area contributed by atoms with E-state index in [0.29, 0.717) is 5.92 Å². The molecule has 3 rings (SSSR count). The van der Waals surface area contributed by atoms with E-state index in [2.05, 4.69) is 58.6 Å². The van der Waals surface area contributed by atoms with E-state index in [4.69, 9.17) is 0 Å². The van der Waals surface area contributed by atoms with Gasteiger partial charge in [0.05, 0.1) is 0 Å². The van der Waals surface area contributed by atoms with Crippen molar-refractivity contribution in [2.24, 2.45) is 0 Å². The molecule has 0 fully saturated rings. The van der Waals surface area contributed by atoms with Crippen molar-refractivity contribution in [2.45, 2.75) is 26.3 Å². The number of nitrogens with zero attached hydrogens (tertiary/aromatic N) is 3. The lowest BCUT2D eigenvalue weighted by Gasteiger charge is -2.13. The van der Waals surface area contributed by atoms with E-state index < -0.39 is 0 Å². The average Bonchev–Trinajstić information content (AvgIpc) is 3.02. The molecule has 0 bridgehead atoms. The van der Waals surface area contributed by atoms with Gasteiger partial charge in [-0.3, -0.25) is 4.57 Å². The molecule has 23 heavy (non-hydrogen) atoms. The number of rotatable bonds is 6. The molecule has 4 heteroatoms. The van der Waals surface area contributed by atoms with Crippen molar-refractivity contribution < 1.29 is 0 Å². The Hall–Kier alpha value is -2.46. The molecule has 0 amide bonds. The van der Waals surface area contributed by atoms with E-state index >= 15 is 0 Å². The van der Waals surface area contributed by atoms with Crippen LogP contribution in [0.4, 0.5) is 0 Å². The Bertz CT molecular complexity index is 732. The lowest BCUT2D eigenvalue weighted by Crippen LogP contribution is -2.19. The SMILES string of the molecule is Cc1nccn1-c1ccc(CNCC(C)c2ccccc2)cn1. The number of aromatic nitrogens is 3. The first-order valence-electron chi connectivity index (χ1n) is 7.95. The van der Waals surface area contributed by atoms with Gasteiger partial charge >= 0.3 is 0 Å². The molecular formula is C19H22N4. The van der Waals surface area contributed by atoms with Gasteiger partial charge in [-0.25, -0.2) is 9.97 Å². The smallest absolute Gasteiger partial charge is 0.137 e. The summed E-state index contributed by atoms with van der Waals surface area (Å²) in [5, 5.41) is 3.51. The molecule has 2 aromatic heterocycles.